The summed E-state index contributed by atoms with van der Waals surface area (Å²) >= 11 is 3.15. The molecule has 0 saturated carbocycles. The molecule has 0 aliphatic carbocycles. The summed E-state index contributed by atoms with van der Waals surface area (Å²) in [6.07, 6.45) is 0.951. The van der Waals surface area contributed by atoms with E-state index in [1.807, 2.05) is 0 Å². The Kier molecular flexibility index (Phi) is 4.19. The molecule has 0 aromatic heterocycles. The zero-order valence-corrected chi connectivity index (χ0v) is 11.3. The lowest BCUT2D eigenvalue weighted by Gasteiger charge is -2.11. The van der Waals surface area contributed by atoms with Crippen LogP contribution >= 0.6 is 15.9 Å². The van der Waals surface area contributed by atoms with Gasteiger partial charge in [-0.3, -0.25) is 4.79 Å². The third-order valence-corrected chi connectivity index (χ3v) is 3.56. The van der Waals surface area contributed by atoms with E-state index in [-0.39, 0.29) is 11.6 Å². The van der Waals surface area contributed by atoms with Gasteiger partial charge in [-0.2, -0.15) is 0 Å². The van der Waals surface area contributed by atoms with Crippen LogP contribution < -0.4 is 11.1 Å². The van der Waals surface area contributed by atoms with Gasteiger partial charge in [0.15, 0.2) is 0 Å². The molecule has 6 heteroatoms. The minimum atomic E-state index is -0.539. The maximum atomic E-state index is 13.2. The monoisotopic (exact) mass is 316 g/mol. The summed E-state index contributed by atoms with van der Waals surface area (Å²) in [5.74, 6) is -0.450. The molecule has 1 fully saturated rings. The Morgan fingerprint density at radius 3 is 3.06 bits per heavy atom. The molecule has 1 amide bonds. The first-order valence-corrected chi connectivity index (χ1v) is 6.47. The van der Waals surface area contributed by atoms with Crippen molar-refractivity contribution >= 4 is 27.5 Å². The molecule has 4 nitrogen and oxygen atoms in total. The molecule has 1 aromatic rings. The van der Waals surface area contributed by atoms with Crippen LogP contribution in [0.1, 0.15) is 16.8 Å². The number of nitrogens with two attached hydrogens (primary N) is 1. The van der Waals surface area contributed by atoms with E-state index in [4.69, 9.17) is 10.5 Å². The highest BCUT2D eigenvalue weighted by Gasteiger charge is 2.18. The van der Waals surface area contributed by atoms with Crippen LogP contribution in [0.4, 0.5) is 10.1 Å². The van der Waals surface area contributed by atoms with E-state index in [1.165, 1.54) is 12.1 Å². The smallest absolute Gasteiger partial charge is 0.252 e. The van der Waals surface area contributed by atoms with Crippen molar-refractivity contribution in [2.75, 3.05) is 25.5 Å². The molecule has 18 heavy (non-hydrogen) atoms. The maximum Gasteiger partial charge on any atom is 0.252 e. The largest absolute Gasteiger partial charge is 0.396 e. The van der Waals surface area contributed by atoms with Crippen LogP contribution in [0.2, 0.25) is 0 Å². The van der Waals surface area contributed by atoms with Gasteiger partial charge in [0.05, 0.1) is 17.9 Å². The minimum Gasteiger partial charge on any atom is -0.396 e. The van der Waals surface area contributed by atoms with E-state index in [2.05, 4.69) is 21.2 Å². The Morgan fingerprint density at radius 2 is 2.39 bits per heavy atom. The molecule has 1 atom stereocenters. The van der Waals surface area contributed by atoms with Crippen LogP contribution in [0.15, 0.2) is 16.6 Å². The molecule has 1 heterocycles. The first kappa shape index (κ1) is 13.3. The van der Waals surface area contributed by atoms with Gasteiger partial charge in [-0.25, -0.2) is 4.39 Å². The van der Waals surface area contributed by atoms with Crippen molar-refractivity contribution in [3.63, 3.8) is 0 Å². The third kappa shape index (κ3) is 3.00. The van der Waals surface area contributed by atoms with Gasteiger partial charge >= 0.3 is 0 Å². The number of nitrogens with one attached hydrogen (secondary N) is 1. The molecule has 1 unspecified atom stereocenters. The molecule has 0 spiro atoms. The molecule has 0 radical (unpaired) electrons. The Morgan fingerprint density at radius 1 is 1.61 bits per heavy atom. The highest BCUT2D eigenvalue weighted by Crippen LogP contribution is 2.23. The molecule has 0 bridgehead atoms. The molecular formula is C12H14BrFN2O2. The Balaban J connectivity index is 2.01. The highest BCUT2D eigenvalue weighted by molar-refractivity contribution is 9.10. The van der Waals surface area contributed by atoms with Crippen molar-refractivity contribution in [2.24, 2.45) is 5.92 Å². The first-order valence-electron chi connectivity index (χ1n) is 5.68. The summed E-state index contributed by atoms with van der Waals surface area (Å²) in [5.41, 5.74) is 5.76. The first-order chi connectivity index (χ1) is 8.58. The standard InChI is InChI=1S/C12H14BrFN2O2/c13-9-4-10(14)11(15)3-8(9)12(17)16-5-7-1-2-18-6-7/h3-4,7H,1-2,5-6,15H2,(H,16,17). The quantitative estimate of drug-likeness (QED) is 0.838. The van der Waals surface area contributed by atoms with Crippen molar-refractivity contribution < 1.29 is 13.9 Å². The van der Waals surface area contributed by atoms with E-state index < -0.39 is 5.82 Å². The molecule has 2 rings (SSSR count). The molecular weight excluding hydrogens is 303 g/mol. The number of anilines is 1. The van der Waals surface area contributed by atoms with Crippen LogP contribution in [0.3, 0.4) is 0 Å². The Labute approximate surface area is 113 Å². The number of nitrogen functional groups attached to an aromatic ring is 1. The number of carbonyl (C=O) groups is 1. The zero-order valence-electron chi connectivity index (χ0n) is 9.71. The molecule has 98 valence electrons. The highest BCUT2D eigenvalue weighted by atomic mass is 79.9. The fraction of sp³-hybridized carbons (Fsp3) is 0.417. The number of rotatable bonds is 3. The minimum absolute atomic E-state index is 0.0347. The second kappa shape index (κ2) is 5.67. The summed E-state index contributed by atoms with van der Waals surface area (Å²) in [5, 5.41) is 2.80. The van der Waals surface area contributed by atoms with Crippen molar-refractivity contribution in [3.8, 4) is 0 Å². The van der Waals surface area contributed by atoms with E-state index in [9.17, 15) is 9.18 Å². The van der Waals surface area contributed by atoms with Crippen LogP contribution in [-0.4, -0.2) is 25.7 Å². The van der Waals surface area contributed by atoms with Crippen LogP contribution in [-0.2, 0) is 4.74 Å². The second-order valence-electron chi connectivity index (χ2n) is 4.29. The van der Waals surface area contributed by atoms with E-state index >= 15 is 0 Å². The predicted molar refractivity (Wildman–Crippen MR) is 69.8 cm³/mol. The molecule has 1 saturated heterocycles. The number of benzene rings is 1. The fourth-order valence-corrected chi connectivity index (χ4v) is 2.31. The lowest BCUT2D eigenvalue weighted by atomic mass is 10.1. The average Bonchev–Trinajstić information content (AvgIpc) is 2.84. The van der Waals surface area contributed by atoms with Crippen molar-refractivity contribution in [2.45, 2.75) is 6.42 Å². The molecule has 1 aliphatic heterocycles. The topological polar surface area (TPSA) is 64.4 Å². The van der Waals surface area contributed by atoms with E-state index in [0.717, 1.165) is 13.0 Å². The summed E-state index contributed by atoms with van der Waals surface area (Å²) in [6.45, 7) is 1.98. The van der Waals surface area contributed by atoms with Gasteiger partial charge < -0.3 is 15.8 Å². The summed E-state index contributed by atoms with van der Waals surface area (Å²) in [6, 6.07) is 2.53. The second-order valence-corrected chi connectivity index (χ2v) is 5.15. The van der Waals surface area contributed by atoms with Crippen molar-refractivity contribution in [1.82, 2.24) is 5.32 Å². The Hall–Kier alpha value is -1.14. The summed E-state index contributed by atoms with van der Waals surface area (Å²) < 4.78 is 18.8. The van der Waals surface area contributed by atoms with Crippen molar-refractivity contribution in [3.05, 3.63) is 28.0 Å². The third-order valence-electron chi connectivity index (χ3n) is 2.91. The van der Waals surface area contributed by atoms with E-state index in [1.54, 1.807) is 0 Å². The van der Waals surface area contributed by atoms with Gasteiger partial charge in [-0.05, 0) is 34.5 Å². The number of hydrogen-bond acceptors (Lipinski definition) is 3. The number of halogens is 2. The summed E-state index contributed by atoms with van der Waals surface area (Å²) in [4.78, 5) is 11.9. The number of ether oxygens (including phenoxy) is 1. The number of amides is 1. The number of carbonyl (C=O) groups excluding carboxylic acids is 1. The SMILES string of the molecule is Nc1cc(C(=O)NCC2CCOC2)c(Br)cc1F. The lowest BCUT2D eigenvalue weighted by Crippen LogP contribution is -2.29. The van der Waals surface area contributed by atoms with Gasteiger partial charge in [-0.15, -0.1) is 0 Å². The van der Waals surface area contributed by atoms with Crippen LogP contribution in [0.5, 0.6) is 0 Å². The van der Waals surface area contributed by atoms with Gasteiger partial charge in [0.2, 0.25) is 0 Å². The van der Waals surface area contributed by atoms with E-state index in [0.29, 0.717) is 29.1 Å². The van der Waals surface area contributed by atoms with Crippen LogP contribution in [0, 0.1) is 11.7 Å². The van der Waals surface area contributed by atoms with Crippen molar-refractivity contribution in [1.29, 1.82) is 0 Å². The maximum absolute atomic E-state index is 13.2. The number of hydrogen-bond donors (Lipinski definition) is 2. The Bertz CT molecular complexity index is 462. The fourth-order valence-electron chi connectivity index (χ4n) is 1.82. The lowest BCUT2D eigenvalue weighted by molar-refractivity contribution is 0.0944. The van der Waals surface area contributed by atoms with Gasteiger partial charge in [0, 0.05) is 23.5 Å². The average molecular weight is 317 g/mol. The normalized spacial score (nSPS) is 18.9. The van der Waals surface area contributed by atoms with Crippen LogP contribution in [0.25, 0.3) is 0 Å². The predicted octanol–water partition coefficient (Wildman–Crippen LogP) is 1.94. The van der Waals surface area contributed by atoms with Gasteiger partial charge in [0.1, 0.15) is 5.82 Å². The zero-order chi connectivity index (χ0) is 13.1. The van der Waals surface area contributed by atoms with Gasteiger partial charge in [0.25, 0.3) is 5.91 Å². The molecule has 1 aliphatic rings. The molecule has 1 aromatic carbocycles. The summed E-state index contributed by atoms with van der Waals surface area (Å²) in [7, 11) is 0. The van der Waals surface area contributed by atoms with Gasteiger partial charge in [-0.1, -0.05) is 0 Å². The molecule has 3 N–H and O–H groups in total.